The predicted octanol–water partition coefficient (Wildman–Crippen LogP) is 3.99. The van der Waals surface area contributed by atoms with Crippen LogP contribution in [-0.4, -0.2) is 47.0 Å². The average Bonchev–Trinajstić information content (AvgIpc) is 2.68. The molecule has 3 rings (SSSR count). The van der Waals surface area contributed by atoms with Crippen LogP contribution >= 0.6 is 0 Å². The van der Waals surface area contributed by atoms with Crippen molar-refractivity contribution in [3.63, 3.8) is 0 Å². The van der Waals surface area contributed by atoms with Crippen LogP contribution in [0.5, 0.6) is 5.75 Å². The van der Waals surface area contributed by atoms with Gasteiger partial charge in [0, 0.05) is 12.1 Å². The molecule has 0 aromatic heterocycles. The van der Waals surface area contributed by atoms with Crippen molar-refractivity contribution in [1.82, 2.24) is 4.90 Å². The number of carboxylic acid groups (broad SMARTS) is 1. The number of carbonyl (C=O) groups is 2. The number of aliphatic carboxylic acids is 1. The first kappa shape index (κ1) is 20.1. The molecule has 0 spiro atoms. The van der Waals surface area contributed by atoms with Crippen molar-refractivity contribution in [3.05, 3.63) is 65.7 Å². The molecule has 1 aliphatic rings. The lowest BCUT2D eigenvalue weighted by molar-refractivity contribution is -0.152. The van der Waals surface area contributed by atoms with Gasteiger partial charge in [-0.15, -0.1) is 0 Å². The number of hydrogen-bond donors (Lipinski definition) is 1. The number of ketones is 1. The number of carboxylic acids is 1. The molecular weight excluding hydrogens is 354 g/mol. The fourth-order valence-electron chi connectivity index (χ4n) is 3.56. The van der Waals surface area contributed by atoms with Gasteiger partial charge in [0.2, 0.25) is 0 Å². The molecule has 1 aliphatic heterocycles. The summed E-state index contributed by atoms with van der Waals surface area (Å²) >= 11 is 0. The molecule has 0 radical (unpaired) electrons. The molecule has 0 saturated carbocycles. The van der Waals surface area contributed by atoms with Crippen LogP contribution in [-0.2, 0) is 4.79 Å². The lowest BCUT2D eigenvalue weighted by atomic mass is 9.90. The molecule has 1 unspecified atom stereocenters. The van der Waals surface area contributed by atoms with E-state index in [9.17, 15) is 14.7 Å². The first-order valence-electron chi connectivity index (χ1n) is 9.68. The number of rotatable bonds is 7. The summed E-state index contributed by atoms with van der Waals surface area (Å²) in [5, 5.41) is 9.27. The number of piperidine rings is 1. The molecule has 0 amide bonds. The van der Waals surface area contributed by atoms with Crippen LogP contribution in [0.25, 0.3) is 0 Å². The third-order valence-corrected chi connectivity index (χ3v) is 5.19. The maximum absolute atomic E-state index is 12.5. The molecule has 1 atom stereocenters. The SMILES string of the molecule is CC(C)(Oc1cccc(C2CCCN(CC(=O)c3ccccc3)C2)c1)C(=O)O. The molecule has 1 heterocycles. The van der Waals surface area contributed by atoms with E-state index >= 15 is 0 Å². The highest BCUT2D eigenvalue weighted by molar-refractivity contribution is 5.97. The summed E-state index contributed by atoms with van der Waals surface area (Å²) in [5.74, 6) is -0.00101. The van der Waals surface area contributed by atoms with Crippen LogP contribution in [0.15, 0.2) is 54.6 Å². The monoisotopic (exact) mass is 381 g/mol. The molecule has 2 aromatic rings. The van der Waals surface area contributed by atoms with Crippen molar-refractivity contribution in [2.75, 3.05) is 19.6 Å². The molecule has 0 aliphatic carbocycles. The number of likely N-dealkylation sites (tertiary alicyclic amines) is 1. The Labute approximate surface area is 165 Å². The van der Waals surface area contributed by atoms with Crippen molar-refractivity contribution in [1.29, 1.82) is 0 Å². The smallest absolute Gasteiger partial charge is 0.347 e. The zero-order valence-corrected chi connectivity index (χ0v) is 16.4. The van der Waals surface area contributed by atoms with E-state index in [0.717, 1.165) is 37.1 Å². The van der Waals surface area contributed by atoms with Gasteiger partial charge in [-0.25, -0.2) is 4.79 Å². The Hall–Kier alpha value is -2.66. The minimum absolute atomic E-state index is 0.140. The molecule has 0 bridgehead atoms. The Morgan fingerprint density at radius 2 is 1.89 bits per heavy atom. The summed E-state index contributed by atoms with van der Waals surface area (Å²) < 4.78 is 5.68. The number of carbonyl (C=O) groups excluding carboxylic acids is 1. The molecule has 5 heteroatoms. The van der Waals surface area contributed by atoms with Crippen LogP contribution in [0, 0.1) is 0 Å². The van der Waals surface area contributed by atoms with Gasteiger partial charge >= 0.3 is 5.97 Å². The lowest BCUT2D eigenvalue weighted by Crippen LogP contribution is -2.38. The summed E-state index contributed by atoms with van der Waals surface area (Å²) in [5.41, 5.74) is 0.589. The van der Waals surface area contributed by atoms with Crippen molar-refractivity contribution in [2.24, 2.45) is 0 Å². The van der Waals surface area contributed by atoms with E-state index in [0.29, 0.717) is 18.2 Å². The molecule has 28 heavy (non-hydrogen) atoms. The van der Waals surface area contributed by atoms with Gasteiger partial charge in [0.15, 0.2) is 11.4 Å². The van der Waals surface area contributed by atoms with E-state index in [2.05, 4.69) is 4.90 Å². The van der Waals surface area contributed by atoms with E-state index in [1.807, 2.05) is 48.5 Å². The first-order chi connectivity index (χ1) is 13.3. The molecule has 1 N–H and O–H groups in total. The third kappa shape index (κ3) is 4.98. The Morgan fingerprint density at radius 3 is 2.61 bits per heavy atom. The van der Waals surface area contributed by atoms with Crippen molar-refractivity contribution in [2.45, 2.75) is 38.2 Å². The molecule has 148 valence electrons. The van der Waals surface area contributed by atoms with Gasteiger partial charge in [-0.05, 0) is 56.8 Å². The Bertz CT molecular complexity index is 832. The second-order valence-electron chi connectivity index (χ2n) is 7.85. The summed E-state index contributed by atoms with van der Waals surface area (Å²) in [4.78, 5) is 26.0. The number of benzene rings is 2. The second-order valence-corrected chi connectivity index (χ2v) is 7.85. The number of ether oxygens (including phenoxy) is 1. The topological polar surface area (TPSA) is 66.8 Å². The number of nitrogens with zero attached hydrogens (tertiary/aromatic N) is 1. The van der Waals surface area contributed by atoms with Gasteiger partial charge in [0.25, 0.3) is 0 Å². The largest absolute Gasteiger partial charge is 0.478 e. The first-order valence-corrected chi connectivity index (χ1v) is 9.68. The number of Topliss-reactive ketones (excluding diaryl/α,β-unsaturated/α-hetero) is 1. The molecule has 2 aromatic carbocycles. The van der Waals surface area contributed by atoms with Crippen LogP contribution in [0.3, 0.4) is 0 Å². The zero-order valence-electron chi connectivity index (χ0n) is 16.4. The normalized spacial score (nSPS) is 17.9. The van der Waals surface area contributed by atoms with Crippen LogP contribution in [0.4, 0.5) is 0 Å². The summed E-state index contributed by atoms with van der Waals surface area (Å²) in [6, 6.07) is 17.1. The molecule has 1 fully saturated rings. The van der Waals surface area contributed by atoms with Crippen LogP contribution in [0.2, 0.25) is 0 Å². The van der Waals surface area contributed by atoms with Gasteiger partial charge in [-0.3, -0.25) is 9.69 Å². The predicted molar refractivity (Wildman–Crippen MR) is 108 cm³/mol. The minimum Gasteiger partial charge on any atom is -0.478 e. The highest BCUT2D eigenvalue weighted by Crippen LogP contribution is 2.30. The summed E-state index contributed by atoms with van der Waals surface area (Å²) in [6.07, 6.45) is 2.07. The van der Waals surface area contributed by atoms with Gasteiger partial charge in [0.1, 0.15) is 5.75 Å². The van der Waals surface area contributed by atoms with Gasteiger partial charge in [-0.2, -0.15) is 0 Å². The van der Waals surface area contributed by atoms with Crippen LogP contribution in [0.1, 0.15) is 48.5 Å². The fourth-order valence-corrected chi connectivity index (χ4v) is 3.56. The van der Waals surface area contributed by atoms with Gasteiger partial charge in [-0.1, -0.05) is 42.5 Å². The van der Waals surface area contributed by atoms with E-state index in [1.165, 1.54) is 0 Å². The fraction of sp³-hybridized carbons (Fsp3) is 0.391. The average molecular weight is 381 g/mol. The standard InChI is InChI=1S/C23H27NO4/c1-23(2,22(26)27)28-20-12-6-10-18(14-20)19-11-7-13-24(15-19)16-21(25)17-8-4-3-5-9-17/h3-6,8-10,12,14,19H,7,11,13,15-16H2,1-2H3,(H,26,27). The zero-order chi connectivity index (χ0) is 20.1. The van der Waals surface area contributed by atoms with Crippen LogP contribution < -0.4 is 4.74 Å². The Kier molecular flexibility index (Phi) is 6.15. The Morgan fingerprint density at radius 1 is 1.14 bits per heavy atom. The minimum atomic E-state index is -1.28. The quantitative estimate of drug-likeness (QED) is 0.735. The van der Waals surface area contributed by atoms with Gasteiger partial charge in [0.05, 0.1) is 6.54 Å². The third-order valence-electron chi connectivity index (χ3n) is 5.19. The molecule has 1 saturated heterocycles. The number of hydrogen-bond acceptors (Lipinski definition) is 4. The maximum atomic E-state index is 12.5. The highest BCUT2D eigenvalue weighted by Gasteiger charge is 2.30. The van der Waals surface area contributed by atoms with Crippen molar-refractivity contribution >= 4 is 11.8 Å². The lowest BCUT2D eigenvalue weighted by Gasteiger charge is -2.33. The van der Waals surface area contributed by atoms with E-state index < -0.39 is 11.6 Å². The van der Waals surface area contributed by atoms with Gasteiger partial charge < -0.3 is 9.84 Å². The summed E-state index contributed by atoms with van der Waals surface area (Å²) in [7, 11) is 0. The maximum Gasteiger partial charge on any atom is 0.347 e. The highest BCUT2D eigenvalue weighted by atomic mass is 16.5. The van der Waals surface area contributed by atoms with Crippen molar-refractivity contribution < 1.29 is 19.4 Å². The van der Waals surface area contributed by atoms with E-state index in [1.54, 1.807) is 19.9 Å². The van der Waals surface area contributed by atoms with E-state index in [-0.39, 0.29) is 5.78 Å². The van der Waals surface area contributed by atoms with E-state index in [4.69, 9.17) is 4.74 Å². The van der Waals surface area contributed by atoms with Crippen molar-refractivity contribution in [3.8, 4) is 5.75 Å². The molecule has 5 nitrogen and oxygen atoms in total. The molecular formula is C23H27NO4. The second kappa shape index (κ2) is 8.57. The summed E-state index contributed by atoms with van der Waals surface area (Å²) in [6.45, 7) is 5.23. The Balaban J connectivity index is 1.66.